The van der Waals surface area contributed by atoms with E-state index >= 15 is 0 Å². The van der Waals surface area contributed by atoms with Gasteiger partial charge in [-0.2, -0.15) is 5.10 Å². The molecule has 2 aromatic heterocycles. The quantitative estimate of drug-likeness (QED) is 0.687. The molecule has 0 fully saturated rings. The van der Waals surface area contributed by atoms with E-state index in [-0.39, 0.29) is 5.97 Å². The van der Waals surface area contributed by atoms with Crippen molar-refractivity contribution >= 4 is 17.0 Å². The molecule has 3 aromatic rings. The van der Waals surface area contributed by atoms with Crippen molar-refractivity contribution < 1.29 is 9.53 Å². The summed E-state index contributed by atoms with van der Waals surface area (Å²) in [5.41, 5.74) is 4.26. The molecule has 0 atom stereocenters. The summed E-state index contributed by atoms with van der Waals surface area (Å²) in [4.78, 5) is 16.3. The number of aryl methyl sites for hydroxylation is 1. The molecule has 124 valence electrons. The van der Waals surface area contributed by atoms with Crippen molar-refractivity contribution in [2.75, 3.05) is 7.11 Å². The Morgan fingerprint density at radius 3 is 2.71 bits per heavy atom. The average molecular weight is 323 g/mol. The second-order valence-electron chi connectivity index (χ2n) is 6.33. The standard InChI is InChI=1S/C19H21N3O2/c1-12(2)9-16-15-10-14(19(23)24-4)11-20-18(15)22(21-16)17-8-6-5-7-13(17)3/h5-8,10-12H,9H2,1-4H3. The van der Waals surface area contributed by atoms with Gasteiger partial charge in [0.2, 0.25) is 0 Å². The second-order valence-corrected chi connectivity index (χ2v) is 6.33. The lowest BCUT2D eigenvalue weighted by atomic mass is 10.1. The van der Waals surface area contributed by atoms with Crippen LogP contribution in [0.2, 0.25) is 0 Å². The Hall–Kier alpha value is -2.69. The first-order valence-electron chi connectivity index (χ1n) is 8.03. The highest BCUT2D eigenvalue weighted by Crippen LogP contribution is 2.25. The number of carbonyl (C=O) groups is 1. The first kappa shape index (κ1) is 16.2. The zero-order valence-electron chi connectivity index (χ0n) is 14.4. The van der Waals surface area contributed by atoms with Crippen LogP contribution in [0.5, 0.6) is 0 Å². The number of hydrogen-bond donors (Lipinski definition) is 0. The van der Waals surface area contributed by atoms with Gasteiger partial charge in [0.05, 0.1) is 24.1 Å². The van der Waals surface area contributed by atoms with Gasteiger partial charge in [0.1, 0.15) is 0 Å². The number of carbonyl (C=O) groups excluding carboxylic acids is 1. The molecule has 5 heteroatoms. The fourth-order valence-corrected chi connectivity index (χ4v) is 2.80. The molecule has 24 heavy (non-hydrogen) atoms. The van der Waals surface area contributed by atoms with Crippen LogP contribution in [0.1, 0.15) is 35.5 Å². The van der Waals surface area contributed by atoms with Crippen LogP contribution in [-0.4, -0.2) is 27.8 Å². The van der Waals surface area contributed by atoms with E-state index in [9.17, 15) is 4.79 Å². The maximum absolute atomic E-state index is 11.8. The number of hydrogen-bond acceptors (Lipinski definition) is 4. The third kappa shape index (κ3) is 2.89. The van der Waals surface area contributed by atoms with E-state index < -0.39 is 0 Å². The van der Waals surface area contributed by atoms with E-state index in [1.807, 2.05) is 41.9 Å². The van der Waals surface area contributed by atoms with Gasteiger partial charge in [0.25, 0.3) is 0 Å². The predicted molar refractivity (Wildman–Crippen MR) is 93.5 cm³/mol. The van der Waals surface area contributed by atoms with Crippen LogP contribution in [0.4, 0.5) is 0 Å². The van der Waals surface area contributed by atoms with Crippen molar-refractivity contribution in [3.8, 4) is 5.69 Å². The molecule has 0 spiro atoms. The van der Waals surface area contributed by atoms with Crippen LogP contribution in [0.25, 0.3) is 16.7 Å². The third-order valence-corrected chi connectivity index (χ3v) is 3.97. The summed E-state index contributed by atoms with van der Waals surface area (Å²) in [5.74, 6) is 0.0683. The fourth-order valence-electron chi connectivity index (χ4n) is 2.80. The van der Waals surface area contributed by atoms with Crippen molar-refractivity contribution in [2.24, 2.45) is 5.92 Å². The normalized spacial score (nSPS) is 11.2. The molecular weight excluding hydrogens is 302 g/mol. The fraction of sp³-hybridized carbons (Fsp3) is 0.316. The molecule has 0 bridgehead atoms. The Balaban J connectivity index is 2.24. The van der Waals surface area contributed by atoms with Gasteiger partial charge in [0, 0.05) is 11.6 Å². The van der Waals surface area contributed by atoms with Gasteiger partial charge in [0.15, 0.2) is 5.65 Å². The lowest BCUT2D eigenvalue weighted by molar-refractivity contribution is 0.0600. The SMILES string of the molecule is COC(=O)c1cnc2c(c1)c(CC(C)C)nn2-c1ccccc1C. The summed E-state index contributed by atoms with van der Waals surface area (Å²) in [6, 6.07) is 9.89. The van der Waals surface area contributed by atoms with Crippen molar-refractivity contribution in [3.63, 3.8) is 0 Å². The van der Waals surface area contributed by atoms with E-state index in [0.29, 0.717) is 11.5 Å². The molecule has 0 aliphatic carbocycles. The minimum atomic E-state index is -0.386. The summed E-state index contributed by atoms with van der Waals surface area (Å²) in [6.45, 7) is 6.35. The molecule has 1 aromatic carbocycles. The monoisotopic (exact) mass is 323 g/mol. The summed E-state index contributed by atoms with van der Waals surface area (Å²) >= 11 is 0. The molecule has 3 rings (SSSR count). The van der Waals surface area contributed by atoms with Crippen LogP contribution in [0, 0.1) is 12.8 Å². The first-order valence-corrected chi connectivity index (χ1v) is 8.03. The number of esters is 1. The summed E-state index contributed by atoms with van der Waals surface area (Å²) < 4.78 is 6.68. The Morgan fingerprint density at radius 2 is 2.04 bits per heavy atom. The van der Waals surface area contributed by atoms with Crippen LogP contribution >= 0.6 is 0 Å². The Kier molecular flexibility index (Phi) is 4.34. The lowest BCUT2D eigenvalue weighted by Gasteiger charge is -2.06. The van der Waals surface area contributed by atoms with Gasteiger partial charge in [-0.3, -0.25) is 0 Å². The number of ether oxygens (including phenoxy) is 1. The number of aromatic nitrogens is 3. The van der Waals surface area contributed by atoms with Crippen LogP contribution < -0.4 is 0 Å². The van der Waals surface area contributed by atoms with E-state index in [0.717, 1.165) is 34.4 Å². The van der Waals surface area contributed by atoms with E-state index in [1.165, 1.54) is 7.11 Å². The minimum absolute atomic E-state index is 0.386. The number of pyridine rings is 1. The predicted octanol–water partition coefficient (Wildman–Crippen LogP) is 3.71. The maximum Gasteiger partial charge on any atom is 0.339 e. The third-order valence-electron chi connectivity index (χ3n) is 3.97. The largest absolute Gasteiger partial charge is 0.465 e. The molecule has 0 radical (unpaired) electrons. The smallest absolute Gasteiger partial charge is 0.339 e. The Labute approximate surface area is 141 Å². The average Bonchev–Trinajstić information content (AvgIpc) is 2.91. The van der Waals surface area contributed by atoms with Crippen LogP contribution in [0.15, 0.2) is 36.5 Å². The van der Waals surface area contributed by atoms with Crippen LogP contribution in [0.3, 0.4) is 0 Å². The second kappa shape index (κ2) is 6.43. The molecule has 0 saturated heterocycles. The molecule has 5 nitrogen and oxygen atoms in total. The molecule has 0 saturated carbocycles. The molecular formula is C19H21N3O2. The zero-order valence-corrected chi connectivity index (χ0v) is 14.4. The summed E-state index contributed by atoms with van der Waals surface area (Å²) in [7, 11) is 1.37. The Bertz CT molecular complexity index is 897. The number of fused-ring (bicyclic) bond motifs is 1. The van der Waals surface area contributed by atoms with Gasteiger partial charge < -0.3 is 4.74 Å². The van der Waals surface area contributed by atoms with Gasteiger partial charge in [-0.05, 0) is 37.0 Å². The van der Waals surface area contributed by atoms with Gasteiger partial charge in [-0.25, -0.2) is 14.5 Å². The molecule has 0 N–H and O–H groups in total. The molecule has 0 amide bonds. The number of rotatable bonds is 4. The first-order chi connectivity index (χ1) is 11.5. The summed E-state index contributed by atoms with van der Waals surface area (Å²) in [6.07, 6.45) is 2.37. The zero-order chi connectivity index (χ0) is 17.3. The van der Waals surface area contributed by atoms with E-state index in [1.54, 1.807) is 6.20 Å². The van der Waals surface area contributed by atoms with Gasteiger partial charge in [-0.1, -0.05) is 32.0 Å². The number of methoxy groups -OCH3 is 1. The minimum Gasteiger partial charge on any atom is -0.465 e. The number of para-hydroxylation sites is 1. The molecule has 0 aliphatic rings. The maximum atomic E-state index is 11.8. The highest BCUT2D eigenvalue weighted by Gasteiger charge is 2.17. The van der Waals surface area contributed by atoms with Crippen molar-refractivity contribution in [1.29, 1.82) is 0 Å². The van der Waals surface area contributed by atoms with Gasteiger partial charge in [-0.15, -0.1) is 0 Å². The molecule has 0 unspecified atom stereocenters. The van der Waals surface area contributed by atoms with Crippen molar-refractivity contribution in [1.82, 2.24) is 14.8 Å². The molecule has 0 aliphatic heterocycles. The Morgan fingerprint density at radius 1 is 1.29 bits per heavy atom. The summed E-state index contributed by atoms with van der Waals surface area (Å²) in [5, 5.41) is 5.69. The van der Waals surface area contributed by atoms with Crippen LogP contribution in [-0.2, 0) is 11.2 Å². The topological polar surface area (TPSA) is 57.0 Å². The van der Waals surface area contributed by atoms with Crippen molar-refractivity contribution in [2.45, 2.75) is 27.2 Å². The highest BCUT2D eigenvalue weighted by atomic mass is 16.5. The van der Waals surface area contributed by atoms with E-state index in [4.69, 9.17) is 9.84 Å². The van der Waals surface area contributed by atoms with Gasteiger partial charge >= 0.3 is 5.97 Å². The number of benzene rings is 1. The lowest BCUT2D eigenvalue weighted by Crippen LogP contribution is -2.03. The highest BCUT2D eigenvalue weighted by molar-refractivity contribution is 5.94. The number of nitrogens with zero attached hydrogens (tertiary/aromatic N) is 3. The molecule has 2 heterocycles. The van der Waals surface area contributed by atoms with E-state index in [2.05, 4.69) is 18.8 Å². The van der Waals surface area contributed by atoms with Crippen molar-refractivity contribution in [3.05, 3.63) is 53.3 Å².